The van der Waals surface area contributed by atoms with Crippen LogP contribution in [0.4, 0.5) is 0 Å². The minimum Gasteiger partial charge on any atom is -0.496 e. The zero-order valence-electron chi connectivity index (χ0n) is 23.0. The average Bonchev–Trinajstić information content (AvgIpc) is 2.96. The first-order valence-corrected chi connectivity index (χ1v) is 15.8. The Morgan fingerprint density at radius 1 is 1.18 bits per heavy atom. The highest BCUT2D eigenvalue weighted by Gasteiger charge is 2.42. The number of hydrogen-bond acceptors (Lipinski definition) is 9. The van der Waals surface area contributed by atoms with Gasteiger partial charge in [0.25, 0.3) is 10.1 Å². The number of carbonyl (C=O) groups is 1. The van der Waals surface area contributed by atoms with E-state index in [0.717, 1.165) is 24.8 Å². The highest BCUT2D eigenvalue weighted by atomic mass is 32.3. The van der Waals surface area contributed by atoms with E-state index in [0.29, 0.717) is 28.2 Å². The van der Waals surface area contributed by atoms with Gasteiger partial charge in [0.05, 0.1) is 29.6 Å². The summed E-state index contributed by atoms with van der Waals surface area (Å²) in [5.41, 5.74) is 1.73. The zero-order chi connectivity index (χ0) is 27.3. The van der Waals surface area contributed by atoms with Crippen LogP contribution in [0.15, 0.2) is 47.4 Å². The van der Waals surface area contributed by atoms with Crippen LogP contribution in [-0.2, 0) is 21.5 Å². The molecule has 222 valence electrons. The molecule has 11 N–H and O–H groups in total. The lowest BCUT2D eigenvalue weighted by atomic mass is 9.88. The van der Waals surface area contributed by atoms with Crippen LogP contribution in [0.3, 0.4) is 0 Å². The van der Waals surface area contributed by atoms with Crippen LogP contribution in [0.25, 0.3) is 0 Å². The van der Waals surface area contributed by atoms with Crippen molar-refractivity contribution in [2.75, 3.05) is 18.6 Å². The number of rotatable bonds is 11. The third kappa shape index (κ3) is 8.88. The van der Waals surface area contributed by atoms with Crippen molar-refractivity contribution >= 4 is 26.6 Å². The summed E-state index contributed by atoms with van der Waals surface area (Å²) in [4.78, 5) is 12.6. The van der Waals surface area contributed by atoms with E-state index < -0.39 is 44.3 Å². The van der Waals surface area contributed by atoms with Gasteiger partial charge in [-0.25, -0.2) is 0 Å². The molecule has 0 aromatic heterocycles. The molecule has 1 amide bonds. The Morgan fingerprint density at radius 3 is 2.41 bits per heavy atom. The highest BCUT2D eigenvalue weighted by Crippen LogP contribution is 2.58. The quantitative estimate of drug-likeness (QED) is 0.173. The Morgan fingerprint density at radius 2 is 1.85 bits per heavy atom. The molecule has 3 rings (SSSR count). The largest absolute Gasteiger partial charge is 0.496 e. The minimum absolute atomic E-state index is 0. The molecule has 13 heteroatoms. The Bertz CT molecular complexity index is 1200. The lowest BCUT2D eigenvalue weighted by molar-refractivity contribution is -0.120. The first-order chi connectivity index (χ1) is 17.4. The molecule has 2 aromatic rings. The Hall–Kier alpha value is -2.23. The fraction of sp³-hybridized carbons (Fsp3) is 0.500. The first kappa shape index (κ1) is 34.8. The van der Waals surface area contributed by atoms with Crippen LogP contribution in [0.1, 0.15) is 68.7 Å². The minimum atomic E-state index is -4.25. The van der Waals surface area contributed by atoms with E-state index in [1.54, 1.807) is 12.1 Å². The summed E-state index contributed by atoms with van der Waals surface area (Å²) in [6, 6.07) is 13.0. The normalized spacial score (nSPS) is 20.8. The van der Waals surface area contributed by atoms with Crippen molar-refractivity contribution in [3.05, 3.63) is 59.2 Å². The molecule has 0 spiro atoms. The Labute approximate surface area is 233 Å². The monoisotopic (exact) mass is 588 g/mol. The van der Waals surface area contributed by atoms with Crippen molar-refractivity contribution in [1.82, 2.24) is 22.9 Å². The Balaban J connectivity index is 0.00000380. The summed E-state index contributed by atoms with van der Waals surface area (Å²) >= 11 is 0. The van der Waals surface area contributed by atoms with Gasteiger partial charge in [0.15, 0.2) is 0 Å². The van der Waals surface area contributed by atoms with Crippen LogP contribution in [0.2, 0.25) is 0 Å². The van der Waals surface area contributed by atoms with E-state index >= 15 is 0 Å². The van der Waals surface area contributed by atoms with Crippen molar-refractivity contribution < 1.29 is 31.6 Å². The molecular formula is C26H44N4O7S2. The van der Waals surface area contributed by atoms with Gasteiger partial charge in [-0.15, -0.1) is 0 Å². The summed E-state index contributed by atoms with van der Waals surface area (Å²) in [5, 5.41) is 6.42. The molecule has 0 radical (unpaired) electrons. The number of benzene rings is 2. The van der Waals surface area contributed by atoms with Crippen molar-refractivity contribution in [2.24, 2.45) is 0 Å². The number of amides is 1. The van der Waals surface area contributed by atoms with E-state index in [2.05, 4.69) is 24.5 Å². The smallest absolute Gasteiger partial charge is 0.265 e. The van der Waals surface area contributed by atoms with Gasteiger partial charge in [-0.2, -0.15) is 19.0 Å². The van der Waals surface area contributed by atoms with Crippen molar-refractivity contribution in [3.8, 4) is 5.75 Å². The third-order valence-electron chi connectivity index (χ3n) is 6.89. The topological polar surface area (TPSA) is 215 Å². The first-order valence-electron chi connectivity index (χ1n) is 12.4. The lowest BCUT2D eigenvalue weighted by Crippen LogP contribution is -2.49. The number of hydrogen-bond donors (Lipinski definition) is 7. The van der Waals surface area contributed by atoms with Crippen molar-refractivity contribution in [1.29, 1.82) is 0 Å². The van der Waals surface area contributed by atoms with Gasteiger partial charge >= 0.3 is 0 Å². The second-order valence-electron chi connectivity index (χ2n) is 9.55. The fourth-order valence-electron chi connectivity index (χ4n) is 4.80. The van der Waals surface area contributed by atoms with Gasteiger partial charge in [0, 0.05) is 29.6 Å². The molecule has 1 aliphatic heterocycles. The molecule has 0 aliphatic carbocycles. The molecule has 0 saturated carbocycles. The van der Waals surface area contributed by atoms with Crippen LogP contribution in [0, 0.1) is 0 Å². The number of methoxy groups -OCH3 is 1. The summed E-state index contributed by atoms with van der Waals surface area (Å²) in [7, 11) is -5.98. The maximum Gasteiger partial charge on any atom is 0.265 e. The molecule has 11 nitrogen and oxygen atoms in total. The summed E-state index contributed by atoms with van der Waals surface area (Å²) < 4.78 is 59.6. The maximum atomic E-state index is 12.2. The van der Waals surface area contributed by atoms with E-state index in [-0.39, 0.29) is 30.6 Å². The summed E-state index contributed by atoms with van der Waals surface area (Å²) in [6.07, 6.45) is 3.05. The molecule has 0 bridgehead atoms. The predicted octanol–water partition coefficient (Wildman–Crippen LogP) is 5.05. The number of nitrogens with one attached hydrogen (secondary N) is 2. The van der Waals surface area contributed by atoms with Gasteiger partial charge in [0.1, 0.15) is 5.75 Å². The van der Waals surface area contributed by atoms with E-state index in [9.17, 15) is 22.3 Å². The lowest BCUT2D eigenvalue weighted by Gasteiger charge is -2.42. The molecule has 39 heavy (non-hydrogen) atoms. The fourth-order valence-corrected chi connectivity index (χ4v) is 7.48. The highest BCUT2D eigenvalue weighted by molar-refractivity contribution is 8.24. The average molecular weight is 589 g/mol. The molecule has 0 fully saturated rings. The number of ether oxygens (including phenoxy) is 1. The zero-order valence-corrected chi connectivity index (χ0v) is 24.6. The molecule has 1 heterocycles. The molecule has 2 atom stereocenters. The molecular weight excluding hydrogens is 544 g/mol. The molecule has 1 aliphatic rings. The van der Waals surface area contributed by atoms with Crippen LogP contribution in [-0.4, -0.2) is 52.1 Å². The van der Waals surface area contributed by atoms with Gasteiger partial charge in [-0.1, -0.05) is 57.0 Å². The maximum absolute atomic E-state index is 12.2. The van der Waals surface area contributed by atoms with E-state index in [4.69, 9.17) is 9.29 Å². The third-order valence-corrected chi connectivity index (χ3v) is 9.62. The van der Waals surface area contributed by atoms with Crippen molar-refractivity contribution in [3.63, 3.8) is 0 Å². The second-order valence-corrected chi connectivity index (χ2v) is 13.2. The summed E-state index contributed by atoms with van der Waals surface area (Å²) in [5.74, 6) is -0.611. The predicted molar refractivity (Wildman–Crippen MR) is 156 cm³/mol. The number of unbranched alkanes of at least 4 members (excludes halogenated alkanes) is 1. The molecule has 0 unspecified atom stereocenters. The molecule has 2 aromatic carbocycles. The second kappa shape index (κ2) is 14.4. The van der Waals surface area contributed by atoms with E-state index in [1.165, 1.54) is 7.11 Å². The van der Waals surface area contributed by atoms with Gasteiger partial charge in [-0.05, 0) is 30.5 Å². The van der Waals surface area contributed by atoms with Gasteiger partial charge in [-0.3, -0.25) is 23.8 Å². The van der Waals surface area contributed by atoms with Gasteiger partial charge in [0.2, 0.25) is 5.91 Å². The summed E-state index contributed by atoms with van der Waals surface area (Å²) in [6.45, 7) is 4.17. The van der Waals surface area contributed by atoms with Crippen LogP contribution in [0.5, 0.6) is 5.75 Å². The van der Waals surface area contributed by atoms with Crippen LogP contribution >= 0.6 is 10.6 Å². The molecule has 0 saturated heterocycles. The Kier molecular flexibility index (Phi) is 12.9. The number of carbonyl (C=O) groups excluding carboxylic acids is 1. The SMILES string of the molecule is CCCC[C@]1(CC)CS(O)(O)c2cc(CNC(=O)CCS(=O)(=O)O)c(OC)cc2[C@@H](c2ccccc2)N1.N.N. The standard InChI is InChI=1S/C26H38N2O7S2.2H3N/c1-4-6-13-26(5-2)18-36(30,31)23-15-20(17-27-24(29)12-14-37(32,33)34)22(35-3)16-21(23)25(28-26)19-10-8-7-9-11-19;;/h7-11,15-16,25,28,30-31H,4-6,12-14,17-18H2,1-3H3,(H,27,29)(H,32,33,34);2*1H3/t25-,26-;;/m1../s1. The van der Waals surface area contributed by atoms with Crippen molar-refractivity contribution in [2.45, 2.75) is 69.0 Å². The van der Waals surface area contributed by atoms with Gasteiger partial charge < -0.3 is 22.4 Å². The van der Waals surface area contributed by atoms with E-state index in [1.807, 2.05) is 30.3 Å². The van der Waals surface area contributed by atoms with Crippen LogP contribution < -0.4 is 27.7 Å². The number of fused-ring (bicyclic) bond motifs is 1.